The molecular weight excluding hydrogens is 1250 g/mol. The minimum atomic E-state index is -0.630. The summed E-state index contributed by atoms with van der Waals surface area (Å²) in [6, 6.07) is 101. The highest BCUT2D eigenvalue weighted by Gasteiger charge is 2.51. The van der Waals surface area contributed by atoms with E-state index in [-0.39, 0.29) is 25.7 Å². The summed E-state index contributed by atoms with van der Waals surface area (Å²) < 4.78 is 17.7. The second kappa shape index (κ2) is 28.9. The van der Waals surface area contributed by atoms with Crippen LogP contribution in [0.3, 0.4) is 0 Å². The van der Waals surface area contributed by atoms with Gasteiger partial charge in [0.2, 0.25) is 0 Å². The van der Waals surface area contributed by atoms with Crippen LogP contribution in [0.1, 0.15) is 46.2 Å². The van der Waals surface area contributed by atoms with E-state index in [0.29, 0.717) is 0 Å². The Labute approximate surface area is 603 Å². The summed E-state index contributed by atoms with van der Waals surface area (Å²) >= 11 is 9.93. The number of halogens is 1. The van der Waals surface area contributed by atoms with Crippen molar-refractivity contribution in [1.29, 1.82) is 0 Å². The summed E-state index contributed by atoms with van der Waals surface area (Å²) in [5.74, 6) is 0. The molecule has 0 atom stereocenters. The molecule has 16 aromatic rings. The molecule has 1 aliphatic rings. The number of benzene rings is 14. The number of rotatable bonds is 8. The molecule has 0 bridgehead atoms. The van der Waals surface area contributed by atoms with Crippen LogP contribution in [0.15, 0.2) is 279 Å². The highest BCUT2D eigenvalue weighted by Crippen LogP contribution is 2.44. The van der Waals surface area contributed by atoms with Gasteiger partial charge in [0.15, 0.2) is 0 Å². The number of fused-ring (bicyclic) bond motifs is 12. The van der Waals surface area contributed by atoms with Crippen LogP contribution < -0.4 is 5.46 Å². The van der Waals surface area contributed by atoms with Gasteiger partial charge in [-0.1, -0.05) is 261 Å². The lowest BCUT2D eigenvalue weighted by Crippen LogP contribution is -2.52. The van der Waals surface area contributed by atoms with Crippen molar-refractivity contribution >= 4 is 188 Å². The van der Waals surface area contributed by atoms with Crippen molar-refractivity contribution < 1.29 is 9.31 Å². The van der Waals surface area contributed by atoms with Gasteiger partial charge in [0.05, 0.1) is 11.2 Å². The predicted octanol–water partition coefficient (Wildman–Crippen LogP) is 21.9. The average Bonchev–Trinajstić information content (AvgIpc) is 1.75. The van der Waals surface area contributed by atoms with Gasteiger partial charge < -0.3 is 9.31 Å². The molecule has 99 heavy (non-hydrogen) atoms. The van der Waals surface area contributed by atoms with E-state index in [4.69, 9.17) is 59.6 Å². The zero-order valence-corrected chi connectivity index (χ0v) is 58.2. The third kappa shape index (κ3) is 14.3. The Morgan fingerprint density at radius 2 is 0.687 bits per heavy atom. The Kier molecular flexibility index (Phi) is 20.1. The third-order valence-electron chi connectivity index (χ3n) is 19.3. The van der Waals surface area contributed by atoms with Crippen LogP contribution >= 0.6 is 34.3 Å². The average molecular weight is 1320 g/mol. The van der Waals surface area contributed by atoms with Crippen molar-refractivity contribution in [2.24, 2.45) is 0 Å². The molecule has 1 fully saturated rings. The molecule has 0 saturated carbocycles. The molecule has 466 valence electrons. The lowest BCUT2D eigenvalue weighted by Gasteiger charge is -2.32. The van der Waals surface area contributed by atoms with E-state index >= 15 is 0 Å². The van der Waals surface area contributed by atoms with Gasteiger partial charge in [-0.15, -0.1) is 22.7 Å². The molecule has 14 heteroatoms. The molecule has 3 heterocycles. The van der Waals surface area contributed by atoms with Crippen molar-refractivity contribution in [3.63, 3.8) is 0 Å². The zero-order chi connectivity index (χ0) is 68.0. The van der Waals surface area contributed by atoms with Crippen LogP contribution in [0, 0.1) is 13.8 Å². The number of aryl methyl sites for hydroxylation is 2. The molecule has 0 spiro atoms. The summed E-state index contributed by atoms with van der Waals surface area (Å²) in [6.07, 6.45) is -1.78. The first-order chi connectivity index (χ1) is 47.3. The van der Waals surface area contributed by atoms with Gasteiger partial charge in [0, 0.05) is 103 Å². The Hall–Kier alpha value is -8.65. The van der Waals surface area contributed by atoms with Crippen molar-refractivity contribution in [3.8, 4) is 55.6 Å². The zero-order valence-electron chi connectivity index (χ0n) is 55.8. The predicted molar refractivity (Wildman–Crippen MR) is 445 cm³/mol. The summed E-state index contributed by atoms with van der Waals surface area (Å²) in [4.78, 5) is 0. The van der Waals surface area contributed by atoms with Crippen LogP contribution in [0.2, 0.25) is 5.02 Å². The highest BCUT2D eigenvalue weighted by atomic mass is 35.5. The maximum atomic E-state index is 6.18. The van der Waals surface area contributed by atoms with Gasteiger partial charge in [0.1, 0.15) is 0 Å². The van der Waals surface area contributed by atoms with E-state index in [2.05, 4.69) is 302 Å². The Bertz CT molecular complexity index is 5650. The van der Waals surface area contributed by atoms with Crippen molar-refractivity contribution in [2.75, 3.05) is 0 Å². The molecule has 0 N–H and O–H groups in total. The summed E-state index contributed by atoms with van der Waals surface area (Å²) in [7, 11) is 25.5. The topological polar surface area (TPSA) is 18.5 Å². The van der Waals surface area contributed by atoms with Crippen LogP contribution in [0.5, 0.6) is 0 Å². The molecular formula is C85H68B9ClO2S2. The van der Waals surface area contributed by atoms with E-state index in [9.17, 15) is 0 Å². The fourth-order valence-corrected chi connectivity index (χ4v) is 15.9. The second-order valence-electron chi connectivity index (χ2n) is 26.6. The fourth-order valence-electron chi connectivity index (χ4n) is 13.2. The van der Waals surface area contributed by atoms with Crippen LogP contribution in [-0.2, 0) is 9.31 Å². The highest BCUT2D eigenvalue weighted by molar-refractivity contribution is 7.89. The first kappa shape index (κ1) is 68.9. The number of hydrogen-bond donors (Lipinski definition) is 0. The minimum Gasteiger partial charge on any atom is -0.399 e. The summed E-state index contributed by atoms with van der Waals surface area (Å²) in [5, 5.41) is 16.4. The van der Waals surface area contributed by atoms with E-state index in [1.807, 2.05) is 40.9 Å². The van der Waals surface area contributed by atoms with Gasteiger partial charge in [-0.05, 0) is 194 Å². The minimum absolute atomic E-state index is 0. The van der Waals surface area contributed by atoms with E-state index in [1.165, 1.54) is 145 Å². The number of thiophene rings is 2. The van der Waals surface area contributed by atoms with Gasteiger partial charge in [-0.2, -0.15) is 0 Å². The van der Waals surface area contributed by atoms with Crippen LogP contribution in [0.25, 0.3) is 139 Å². The lowest BCUT2D eigenvalue weighted by atomic mass is 8.68. The van der Waals surface area contributed by atoms with Gasteiger partial charge in [-0.3, -0.25) is 0 Å². The molecule has 0 amide bonds. The quantitative estimate of drug-likeness (QED) is 0.112. The normalized spacial score (nSPS) is 13.0. The molecule has 14 aromatic carbocycles. The lowest BCUT2D eigenvalue weighted by molar-refractivity contribution is 0.00578. The summed E-state index contributed by atoms with van der Waals surface area (Å²) in [6.45, 7) is 12.6. The number of hydrogen-bond acceptors (Lipinski definition) is 4. The Morgan fingerprint density at radius 3 is 1.13 bits per heavy atom. The molecule has 10 radical (unpaired) electrons. The molecule has 17 rings (SSSR count). The first-order valence-electron chi connectivity index (χ1n) is 33.2. The second-order valence-corrected chi connectivity index (χ2v) is 29.2. The molecule has 2 nitrogen and oxygen atoms in total. The SMILES string of the molecule is C.Cc1ccc2c(ccc3cc(-c4cccc(-c5cccc(-c6cccc7c6sc6ccccc67)c5)c4)ccc32)c1.Cc1ccc2c(ccc3cc(B4OC(C)(C)C(C)(C)O4)ccc32)c1.Clc1cccc(-c2cccc(-c3cccc4c3sc3ccccc34)c2)c1.[B]B([B])B([B])B([B])[B]. The largest absolute Gasteiger partial charge is 0.494 e. The fraction of sp³-hybridized carbons (Fsp3) is 0.106. The molecule has 2 aromatic heterocycles. The van der Waals surface area contributed by atoms with Gasteiger partial charge >= 0.3 is 7.12 Å². The van der Waals surface area contributed by atoms with Crippen molar-refractivity contribution in [2.45, 2.75) is 60.2 Å². The van der Waals surface area contributed by atoms with Crippen molar-refractivity contribution in [3.05, 3.63) is 295 Å². The van der Waals surface area contributed by atoms with Crippen LogP contribution in [-0.4, -0.2) is 76.2 Å². The van der Waals surface area contributed by atoms with E-state index < -0.39 is 19.2 Å². The molecule has 1 saturated heterocycles. The molecule has 1 aliphatic heterocycles. The smallest absolute Gasteiger partial charge is 0.399 e. The van der Waals surface area contributed by atoms with E-state index in [0.717, 1.165) is 16.0 Å². The summed E-state index contributed by atoms with van der Waals surface area (Å²) in [5.41, 5.74) is 15.4. The van der Waals surface area contributed by atoms with E-state index in [1.54, 1.807) is 0 Å². The van der Waals surface area contributed by atoms with Crippen molar-refractivity contribution in [1.82, 2.24) is 0 Å². The van der Waals surface area contributed by atoms with Gasteiger partial charge in [-0.25, -0.2) is 0 Å². The maximum absolute atomic E-state index is 6.18. The molecule has 0 aliphatic carbocycles. The third-order valence-corrected chi connectivity index (χ3v) is 21.9. The molecule has 0 unspecified atom stereocenters. The Balaban J connectivity index is 0.000000130. The van der Waals surface area contributed by atoms with Gasteiger partial charge in [0.25, 0.3) is 0 Å². The first-order valence-corrected chi connectivity index (χ1v) is 35.2. The Morgan fingerprint density at radius 1 is 0.333 bits per heavy atom. The monoisotopic (exact) mass is 1320 g/mol. The standard InChI is InChI=1S/C39H26S.C24H15ClS.C21H23BO2.CH4.B8/c1-25-15-19-33-31(21-25)16-17-32-24-29(18-20-34(32)33)27-8-4-7-26(22-27)28-9-5-10-30(23-28)35-12-6-13-37-36-11-2-3-14-38(36)40-39(35)37;25-19-9-4-7-17(15-19)16-6-3-8-18(14-16)20-11-5-12-22-21-10-1-2-13-23(21)26-24(20)22;1-14-6-10-18-15(12-14)7-8-16-13-17(9-11-19(16)18)22-23-20(2,3)21(4,5)24-22;;1-6(2)8(5)7(3)4/h2-24H,1H3;1-15H;6-13H,1-5H3;1H4;. The van der Waals surface area contributed by atoms with Crippen LogP contribution in [0.4, 0.5) is 0 Å². The maximum Gasteiger partial charge on any atom is 0.494 e.